The van der Waals surface area contributed by atoms with Gasteiger partial charge in [-0.05, 0) is 20.3 Å². The van der Waals surface area contributed by atoms with Crippen molar-refractivity contribution in [2.45, 2.75) is 32.7 Å². The molecule has 1 aliphatic heterocycles. The molecule has 0 aromatic carbocycles. The van der Waals surface area contributed by atoms with E-state index < -0.39 is 6.36 Å². The highest BCUT2D eigenvalue weighted by Gasteiger charge is 2.18. The average Bonchev–Trinajstić information content (AvgIpc) is 2.13. The summed E-state index contributed by atoms with van der Waals surface area (Å²) in [4.78, 5) is 2.11. The van der Waals surface area contributed by atoms with Gasteiger partial charge >= 0.3 is 0 Å². The summed E-state index contributed by atoms with van der Waals surface area (Å²) < 4.78 is 17.7. The van der Waals surface area contributed by atoms with Gasteiger partial charge < -0.3 is 4.74 Å². The van der Waals surface area contributed by atoms with Crippen LogP contribution in [0, 0.1) is 0 Å². The zero-order valence-corrected chi connectivity index (χ0v) is 7.22. The first kappa shape index (κ1) is 8.94. The second-order valence-electron chi connectivity index (χ2n) is 3.22. The molecule has 1 fully saturated rings. The molecular weight excluding hydrogens is 145 g/mol. The summed E-state index contributed by atoms with van der Waals surface area (Å²) in [7, 11) is 0. The largest absolute Gasteiger partial charge is 0.347 e. The van der Waals surface area contributed by atoms with Crippen molar-refractivity contribution in [3.63, 3.8) is 0 Å². The molecule has 0 saturated carbocycles. The molecule has 1 aliphatic rings. The van der Waals surface area contributed by atoms with Gasteiger partial charge in [0, 0.05) is 12.6 Å². The number of halogens is 1. The van der Waals surface area contributed by atoms with Crippen molar-refractivity contribution in [3.8, 4) is 0 Å². The van der Waals surface area contributed by atoms with Gasteiger partial charge in [-0.15, -0.1) is 0 Å². The van der Waals surface area contributed by atoms with E-state index in [4.69, 9.17) is 4.74 Å². The lowest BCUT2D eigenvalue weighted by atomic mass is 10.3. The Labute approximate surface area is 67.3 Å². The minimum absolute atomic E-state index is 0.426. The van der Waals surface area contributed by atoms with Gasteiger partial charge in [-0.2, -0.15) is 0 Å². The topological polar surface area (TPSA) is 12.5 Å². The van der Waals surface area contributed by atoms with Crippen molar-refractivity contribution in [2.75, 3.05) is 19.7 Å². The first-order valence-electron chi connectivity index (χ1n) is 4.20. The maximum Gasteiger partial charge on any atom is 0.211 e. The summed E-state index contributed by atoms with van der Waals surface area (Å²) in [5.74, 6) is 0. The highest BCUT2D eigenvalue weighted by molar-refractivity contribution is 4.66. The Balaban J connectivity index is 2.39. The third-order valence-corrected chi connectivity index (χ3v) is 2.00. The monoisotopic (exact) mass is 161 g/mol. The molecule has 11 heavy (non-hydrogen) atoms. The highest BCUT2D eigenvalue weighted by Crippen LogP contribution is 2.09. The number of ether oxygens (including phenoxy) is 1. The Bertz CT molecular complexity index is 119. The van der Waals surface area contributed by atoms with Crippen LogP contribution in [0.15, 0.2) is 0 Å². The molecule has 0 aromatic rings. The fraction of sp³-hybridized carbons (Fsp3) is 1.00. The maximum absolute atomic E-state index is 12.8. The smallest absolute Gasteiger partial charge is 0.211 e. The van der Waals surface area contributed by atoms with Gasteiger partial charge in [0.05, 0.1) is 13.2 Å². The predicted molar refractivity (Wildman–Crippen MR) is 42.2 cm³/mol. The number of rotatable bonds is 1. The minimum atomic E-state index is -1.08. The van der Waals surface area contributed by atoms with Gasteiger partial charge in [0.1, 0.15) is 0 Å². The second kappa shape index (κ2) is 4.02. The summed E-state index contributed by atoms with van der Waals surface area (Å²) >= 11 is 0. The third-order valence-electron chi connectivity index (χ3n) is 2.00. The molecule has 0 N–H and O–H groups in total. The maximum atomic E-state index is 12.8. The molecule has 66 valence electrons. The fourth-order valence-corrected chi connectivity index (χ4v) is 1.28. The van der Waals surface area contributed by atoms with E-state index in [0.29, 0.717) is 19.2 Å². The third kappa shape index (κ3) is 2.75. The zero-order chi connectivity index (χ0) is 8.27. The van der Waals surface area contributed by atoms with Gasteiger partial charge in [0.2, 0.25) is 6.36 Å². The van der Waals surface area contributed by atoms with E-state index in [1.165, 1.54) is 0 Å². The summed E-state index contributed by atoms with van der Waals surface area (Å²) in [6.07, 6.45) is -0.140. The normalized spacial score (nSPS) is 28.9. The summed E-state index contributed by atoms with van der Waals surface area (Å²) in [6.45, 7) is 6.11. The molecule has 3 heteroatoms. The fourth-order valence-electron chi connectivity index (χ4n) is 1.28. The lowest BCUT2D eigenvalue weighted by molar-refractivity contribution is -0.0405. The Kier molecular flexibility index (Phi) is 3.27. The SMILES string of the molecule is CC(C)N1CCCO[C@H](F)C1. The van der Waals surface area contributed by atoms with Crippen LogP contribution in [-0.2, 0) is 4.74 Å². The molecule has 0 aromatic heterocycles. The number of alkyl halides is 1. The molecule has 0 amide bonds. The summed E-state index contributed by atoms with van der Waals surface area (Å²) in [5.41, 5.74) is 0. The van der Waals surface area contributed by atoms with Crippen LogP contribution >= 0.6 is 0 Å². The van der Waals surface area contributed by atoms with Crippen molar-refractivity contribution in [3.05, 3.63) is 0 Å². The van der Waals surface area contributed by atoms with Crippen molar-refractivity contribution in [1.29, 1.82) is 0 Å². The first-order valence-corrected chi connectivity index (χ1v) is 4.20. The Hall–Kier alpha value is -0.150. The summed E-state index contributed by atoms with van der Waals surface area (Å²) in [6, 6.07) is 0.426. The van der Waals surface area contributed by atoms with Gasteiger partial charge in [0.15, 0.2) is 0 Å². The first-order chi connectivity index (χ1) is 5.20. The molecule has 1 rings (SSSR count). The van der Waals surface area contributed by atoms with E-state index in [2.05, 4.69) is 18.7 Å². The predicted octanol–water partition coefficient (Wildman–Crippen LogP) is 1.41. The highest BCUT2D eigenvalue weighted by atomic mass is 19.1. The summed E-state index contributed by atoms with van der Waals surface area (Å²) in [5, 5.41) is 0. The molecular formula is C8H16FNO. The van der Waals surface area contributed by atoms with Gasteiger partial charge in [0.25, 0.3) is 0 Å². The van der Waals surface area contributed by atoms with Crippen molar-refractivity contribution >= 4 is 0 Å². The van der Waals surface area contributed by atoms with Crippen molar-refractivity contribution in [2.24, 2.45) is 0 Å². The van der Waals surface area contributed by atoms with E-state index in [9.17, 15) is 4.39 Å². The Morgan fingerprint density at radius 1 is 1.55 bits per heavy atom. The second-order valence-corrected chi connectivity index (χ2v) is 3.22. The molecule has 2 nitrogen and oxygen atoms in total. The lowest BCUT2D eigenvalue weighted by Gasteiger charge is -2.24. The van der Waals surface area contributed by atoms with Crippen molar-refractivity contribution < 1.29 is 9.13 Å². The van der Waals surface area contributed by atoms with Gasteiger partial charge in [-0.3, -0.25) is 4.90 Å². The quantitative estimate of drug-likeness (QED) is 0.576. The zero-order valence-electron chi connectivity index (χ0n) is 7.22. The van der Waals surface area contributed by atoms with E-state index in [1.54, 1.807) is 0 Å². The molecule has 0 aliphatic carbocycles. The van der Waals surface area contributed by atoms with Crippen LogP contribution in [0.4, 0.5) is 4.39 Å². The van der Waals surface area contributed by atoms with Crippen LogP contribution in [0.2, 0.25) is 0 Å². The van der Waals surface area contributed by atoms with Gasteiger partial charge in [-0.25, -0.2) is 4.39 Å². The van der Waals surface area contributed by atoms with E-state index in [0.717, 1.165) is 13.0 Å². The van der Waals surface area contributed by atoms with Crippen LogP contribution in [0.25, 0.3) is 0 Å². The van der Waals surface area contributed by atoms with Crippen LogP contribution in [-0.4, -0.2) is 37.0 Å². The number of nitrogens with zero attached hydrogens (tertiary/aromatic N) is 1. The standard InChI is InChI=1S/C8H16FNO/c1-7(2)10-4-3-5-11-8(9)6-10/h7-8H,3-6H2,1-2H3/t8-/m0/s1. The van der Waals surface area contributed by atoms with Crippen LogP contribution in [0.5, 0.6) is 0 Å². The molecule has 0 spiro atoms. The number of hydrogen-bond acceptors (Lipinski definition) is 2. The molecule has 0 bridgehead atoms. The molecule has 0 unspecified atom stereocenters. The molecule has 1 atom stereocenters. The molecule has 1 heterocycles. The van der Waals surface area contributed by atoms with Gasteiger partial charge in [-0.1, -0.05) is 0 Å². The lowest BCUT2D eigenvalue weighted by Crippen LogP contribution is -2.35. The Morgan fingerprint density at radius 2 is 2.27 bits per heavy atom. The molecule has 0 radical (unpaired) electrons. The molecule has 1 saturated heterocycles. The minimum Gasteiger partial charge on any atom is -0.347 e. The Morgan fingerprint density at radius 3 is 2.91 bits per heavy atom. The number of hydrogen-bond donors (Lipinski definition) is 0. The van der Waals surface area contributed by atoms with Crippen LogP contribution in [0.3, 0.4) is 0 Å². The van der Waals surface area contributed by atoms with Crippen LogP contribution in [0.1, 0.15) is 20.3 Å². The van der Waals surface area contributed by atoms with E-state index >= 15 is 0 Å². The van der Waals surface area contributed by atoms with Crippen molar-refractivity contribution in [1.82, 2.24) is 4.90 Å². The van der Waals surface area contributed by atoms with Crippen LogP contribution < -0.4 is 0 Å². The van der Waals surface area contributed by atoms with E-state index in [1.807, 2.05) is 0 Å². The van der Waals surface area contributed by atoms with E-state index in [-0.39, 0.29) is 0 Å². The average molecular weight is 161 g/mol.